The normalized spacial score (nSPS) is 23.5. The van der Waals surface area contributed by atoms with Crippen LogP contribution in [0.15, 0.2) is 71.8 Å². The van der Waals surface area contributed by atoms with E-state index in [0.717, 1.165) is 52.1 Å². The van der Waals surface area contributed by atoms with Crippen LogP contribution in [0.2, 0.25) is 0 Å². The van der Waals surface area contributed by atoms with Gasteiger partial charge in [-0.05, 0) is 85.7 Å². The number of anilines is 1. The van der Waals surface area contributed by atoms with Crippen LogP contribution in [-0.4, -0.2) is 29.5 Å². The second kappa shape index (κ2) is 7.58. The third-order valence-electron chi connectivity index (χ3n) is 8.98. The number of nitrogens with zero attached hydrogens (tertiary/aromatic N) is 2. The number of amides is 2. The van der Waals surface area contributed by atoms with Crippen molar-refractivity contribution in [1.82, 2.24) is 4.90 Å². The third-order valence-corrected chi connectivity index (χ3v) is 8.98. The minimum Gasteiger partial charge on any atom is -0.463 e. The predicted octanol–water partition coefficient (Wildman–Crippen LogP) is 6.11. The lowest BCUT2D eigenvalue weighted by molar-refractivity contribution is -0.138. The Kier molecular flexibility index (Phi) is 4.58. The Hall–Kier alpha value is -3.86. The minimum absolute atomic E-state index is 0.106. The number of fused-ring (bicyclic) bond motifs is 4. The number of ether oxygens (including phenoxy) is 1. The van der Waals surface area contributed by atoms with Crippen LogP contribution in [0.1, 0.15) is 56.2 Å². The monoisotopic (exact) mass is 490 g/mol. The van der Waals surface area contributed by atoms with Crippen LogP contribution in [0.4, 0.5) is 5.69 Å². The molecule has 0 saturated heterocycles. The molecule has 37 heavy (non-hydrogen) atoms. The van der Waals surface area contributed by atoms with E-state index < -0.39 is 11.1 Å². The van der Waals surface area contributed by atoms with Gasteiger partial charge in [0.25, 0.3) is 11.8 Å². The zero-order valence-corrected chi connectivity index (χ0v) is 21.5. The largest absolute Gasteiger partial charge is 0.463 e. The Morgan fingerprint density at radius 1 is 0.892 bits per heavy atom. The molecule has 4 aliphatic rings. The summed E-state index contributed by atoms with van der Waals surface area (Å²) in [5, 5.41) is 2.36. The molecule has 0 fully saturated rings. The topological polar surface area (TPSA) is 49.9 Å². The molecule has 0 radical (unpaired) electrons. The summed E-state index contributed by atoms with van der Waals surface area (Å²) in [6.07, 6.45) is 7.76. The van der Waals surface area contributed by atoms with Gasteiger partial charge >= 0.3 is 0 Å². The van der Waals surface area contributed by atoms with E-state index in [2.05, 4.69) is 86.5 Å². The van der Waals surface area contributed by atoms with Gasteiger partial charge in [-0.15, -0.1) is 0 Å². The van der Waals surface area contributed by atoms with Gasteiger partial charge in [0.15, 0.2) is 0 Å². The fourth-order valence-electron chi connectivity index (χ4n) is 7.06. The van der Waals surface area contributed by atoms with E-state index >= 15 is 0 Å². The highest BCUT2D eigenvalue weighted by Gasteiger charge is 2.58. The van der Waals surface area contributed by atoms with E-state index in [0.29, 0.717) is 12.8 Å². The van der Waals surface area contributed by atoms with Crippen molar-refractivity contribution in [1.29, 1.82) is 0 Å². The van der Waals surface area contributed by atoms with Crippen LogP contribution in [0.25, 0.3) is 16.8 Å². The molecule has 3 aliphatic heterocycles. The predicted molar refractivity (Wildman–Crippen MR) is 145 cm³/mol. The summed E-state index contributed by atoms with van der Waals surface area (Å²) in [5.74, 6) is 0.647. The van der Waals surface area contributed by atoms with Crippen LogP contribution >= 0.6 is 0 Å². The van der Waals surface area contributed by atoms with Crippen molar-refractivity contribution in [3.05, 3.63) is 88.5 Å². The van der Waals surface area contributed by atoms with Gasteiger partial charge in [-0.1, -0.05) is 42.5 Å². The molecular weight excluding hydrogens is 460 g/mol. The molecule has 186 valence electrons. The molecule has 1 atom stereocenters. The van der Waals surface area contributed by atoms with Crippen molar-refractivity contribution in [2.75, 3.05) is 11.9 Å². The van der Waals surface area contributed by atoms with Crippen LogP contribution < -0.4 is 9.64 Å². The molecule has 1 spiro atoms. The molecule has 3 heterocycles. The quantitative estimate of drug-likeness (QED) is 0.407. The van der Waals surface area contributed by atoms with Crippen LogP contribution in [0.5, 0.6) is 5.75 Å². The zero-order valence-electron chi connectivity index (χ0n) is 21.5. The molecule has 3 aromatic carbocycles. The van der Waals surface area contributed by atoms with Gasteiger partial charge < -0.3 is 9.64 Å². The highest BCUT2D eigenvalue weighted by molar-refractivity contribution is 6.19. The van der Waals surface area contributed by atoms with E-state index in [-0.39, 0.29) is 18.4 Å². The molecule has 3 aromatic rings. The van der Waals surface area contributed by atoms with Gasteiger partial charge in [0.2, 0.25) is 5.72 Å². The van der Waals surface area contributed by atoms with Crippen molar-refractivity contribution in [2.24, 2.45) is 0 Å². The second-order valence-corrected chi connectivity index (χ2v) is 11.2. The highest BCUT2D eigenvalue weighted by atomic mass is 16.5. The molecule has 0 N–H and O–H groups in total. The fourth-order valence-corrected chi connectivity index (χ4v) is 7.06. The molecule has 7 rings (SSSR count). The van der Waals surface area contributed by atoms with Gasteiger partial charge in [0.05, 0.1) is 12.0 Å². The fraction of sp³-hybridized carbons (Fsp3) is 0.312. The number of carbonyl (C=O) groups excluding carboxylic acids is 2. The van der Waals surface area contributed by atoms with Gasteiger partial charge in [0, 0.05) is 29.4 Å². The van der Waals surface area contributed by atoms with Crippen LogP contribution in [-0.2, 0) is 21.5 Å². The van der Waals surface area contributed by atoms with E-state index in [1.54, 1.807) is 0 Å². The Morgan fingerprint density at radius 3 is 2.38 bits per heavy atom. The number of imide groups is 1. The SMILES string of the molecule is CN1c2cccc(CN3C(=O)C4=C(CCCC4)C3=O)c2C(C)(C)C12C=Cc1c(ccc3ccccc13)O2. The smallest absolute Gasteiger partial charge is 0.257 e. The first-order valence-electron chi connectivity index (χ1n) is 13.2. The number of hydrogen-bond donors (Lipinski definition) is 0. The zero-order chi connectivity index (χ0) is 25.5. The van der Waals surface area contributed by atoms with Crippen molar-refractivity contribution in [2.45, 2.75) is 57.2 Å². The standard InChI is InChI=1S/C32H30N2O3/c1-31(2)28-21(19-34-29(35)24-12-6-7-13-25(24)30(34)36)10-8-14-26(28)33(3)32(31)18-17-23-22-11-5-4-9-20(22)15-16-27(23)37-32/h4-5,8-11,14-18H,6-7,12-13,19H2,1-3H3. The summed E-state index contributed by atoms with van der Waals surface area (Å²) in [6.45, 7) is 4.68. The van der Waals surface area contributed by atoms with Crippen LogP contribution in [0.3, 0.4) is 0 Å². The Morgan fingerprint density at radius 2 is 1.62 bits per heavy atom. The number of hydrogen-bond acceptors (Lipinski definition) is 4. The average Bonchev–Trinajstić information content (AvgIpc) is 3.25. The second-order valence-electron chi connectivity index (χ2n) is 11.2. The third kappa shape index (κ3) is 2.85. The molecular formula is C32H30N2O3. The summed E-state index contributed by atoms with van der Waals surface area (Å²) in [6, 6.07) is 18.7. The van der Waals surface area contributed by atoms with E-state index in [1.165, 1.54) is 15.7 Å². The molecule has 0 aromatic heterocycles. The summed E-state index contributed by atoms with van der Waals surface area (Å²) in [4.78, 5) is 30.1. The minimum atomic E-state index is -0.739. The first-order valence-corrected chi connectivity index (χ1v) is 13.2. The van der Waals surface area contributed by atoms with Crippen LogP contribution in [0, 0.1) is 0 Å². The Balaban J connectivity index is 1.29. The number of benzene rings is 3. The molecule has 5 heteroatoms. The van der Waals surface area contributed by atoms with Gasteiger partial charge in [-0.2, -0.15) is 0 Å². The number of carbonyl (C=O) groups is 2. The maximum Gasteiger partial charge on any atom is 0.257 e. The van der Waals surface area contributed by atoms with Crippen molar-refractivity contribution < 1.29 is 14.3 Å². The van der Waals surface area contributed by atoms with Gasteiger partial charge in [-0.3, -0.25) is 14.5 Å². The summed E-state index contributed by atoms with van der Waals surface area (Å²) < 4.78 is 6.93. The lowest BCUT2D eigenvalue weighted by atomic mass is 9.74. The lowest BCUT2D eigenvalue weighted by Crippen LogP contribution is -2.58. The average molecular weight is 491 g/mol. The first kappa shape index (κ1) is 22.3. The summed E-state index contributed by atoms with van der Waals surface area (Å²) in [7, 11) is 2.07. The van der Waals surface area contributed by atoms with Gasteiger partial charge in [-0.25, -0.2) is 0 Å². The van der Waals surface area contributed by atoms with Crippen molar-refractivity contribution in [3.8, 4) is 5.75 Å². The number of likely N-dealkylation sites (N-methyl/N-ethyl adjacent to an activating group) is 1. The molecule has 1 unspecified atom stereocenters. The maximum absolute atomic E-state index is 13.2. The van der Waals surface area contributed by atoms with E-state index in [4.69, 9.17) is 4.74 Å². The molecule has 2 amide bonds. The van der Waals surface area contributed by atoms with Crippen molar-refractivity contribution in [3.63, 3.8) is 0 Å². The Bertz CT molecular complexity index is 1550. The summed E-state index contributed by atoms with van der Waals surface area (Å²) >= 11 is 0. The van der Waals surface area contributed by atoms with Crippen molar-refractivity contribution >= 4 is 34.4 Å². The summed E-state index contributed by atoms with van der Waals surface area (Å²) in [5.41, 5.74) is 4.55. The molecule has 1 aliphatic carbocycles. The Labute approximate surface area is 217 Å². The maximum atomic E-state index is 13.2. The first-order chi connectivity index (χ1) is 17.8. The molecule has 5 nitrogen and oxygen atoms in total. The van der Waals surface area contributed by atoms with E-state index in [9.17, 15) is 9.59 Å². The van der Waals surface area contributed by atoms with Gasteiger partial charge in [0.1, 0.15) is 5.75 Å². The highest BCUT2D eigenvalue weighted by Crippen LogP contribution is 2.56. The molecule has 0 bridgehead atoms. The lowest BCUT2D eigenvalue weighted by Gasteiger charge is -2.46. The van der Waals surface area contributed by atoms with E-state index in [1.807, 2.05) is 6.07 Å². The number of rotatable bonds is 2. The molecule has 0 saturated carbocycles.